The second kappa shape index (κ2) is 6.77. The van der Waals surface area contributed by atoms with Crippen molar-refractivity contribution >= 4 is 38.9 Å². The van der Waals surface area contributed by atoms with Crippen LogP contribution in [0.4, 0.5) is 5.69 Å². The molecule has 0 aliphatic carbocycles. The summed E-state index contributed by atoms with van der Waals surface area (Å²) in [7, 11) is 0. The Bertz CT molecular complexity index is 661. The van der Waals surface area contributed by atoms with E-state index in [1.54, 1.807) is 12.3 Å². The topological polar surface area (TPSA) is 85.1 Å². The van der Waals surface area contributed by atoms with Crippen molar-refractivity contribution in [3.8, 4) is 0 Å². The lowest BCUT2D eigenvalue weighted by molar-refractivity contribution is -0.385. The van der Waals surface area contributed by atoms with Crippen molar-refractivity contribution < 1.29 is 9.72 Å². The van der Waals surface area contributed by atoms with E-state index in [2.05, 4.69) is 26.2 Å². The lowest BCUT2D eigenvalue weighted by Crippen LogP contribution is -2.27. The maximum Gasteiger partial charge on any atom is 0.284 e. The normalized spacial score (nSPS) is 11.9. The summed E-state index contributed by atoms with van der Waals surface area (Å²) in [5, 5.41) is 16.4. The van der Waals surface area contributed by atoms with E-state index in [0.717, 1.165) is 5.01 Å². The molecule has 1 unspecified atom stereocenters. The first kappa shape index (κ1) is 15.6. The zero-order chi connectivity index (χ0) is 15.4. The van der Waals surface area contributed by atoms with Gasteiger partial charge in [-0.05, 0) is 28.1 Å². The molecule has 1 amide bonds. The molecule has 0 bridgehead atoms. The molecule has 6 nitrogen and oxygen atoms in total. The first-order valence-corrected chi connectivity index (χ1v) is 7.78. The highest BCUT2D eigenvalue weighted by molar-refractivity contribution is 9.10. The molecule has 0 saturated carbocycles. The molecule has 0 aliphatic rings. The number of benzene rings is 1. The maximum atomic E-state index is 12.0. The van der Waals surface area contributed by atoms with Crippen LogP contribution in [0.15, 0.2) is 34.2 Å². The maximum absolute atomic E-state index is 12.0. The van der Waals surface area contributed by atoms with Crippen molar-refractivity contribution in [1.82, 2.24) is 10.3 Å². The smallest absolute Gasteiger partial charge is 0.284 e. The molecule has 0 aliphatic heterocycles. The van der Waals surface area contributed by atoms with E-state index in [-0.39, 0.29) is 23.1 Å². The zero-order valence-electron chi connectivity index (χ0n) is 11.1. The monoisotopic (exact) mass is 369 g/mol. The van der Waals surface area contributed by atoms with Crippen LogP contribution in [-0.4, -0.2) is 22.4 Å². The predicted molar refractivity (Wildman–Crippen MR) is 83.7 cm³/mol. The first-order chi connectivity index (χ1) is 9.99. The van der Waals surface area contributed by atoms with E-state index < -0.39 is 4.92 Å². The number of halogens is 1. The number of carbonyl (C=O) groups excluding carboxylic acids is 1. The Morgan fingerprint density at radius 3 is 2.95 bits per heavy atom. The van der Waals surface area contributed by atoms with Crippen LogP contribution in [0.2, 0.25) is 0 Å². The third-order valence-electron chi connectivity index (χ3n) is 2.85. The Morgan fingerprint density at radius 2 is 2.33 bits per heavy atom. The number of amides is 1. The predicted octanol–water partition coefficient (Wildman–Crippen LogP) is 3.35. The van der Waals surface area contributed by atoms with Gasteiger partial charge in [-0.15, -0.1) is 11.3 Å². The summed E-state index contributed by atoms with van der Waals surface area (Å²) in [5.41, 5.74) is 0.131. The van der Waals surface area contributed by atoms with E-state index in [0.29, 0.717) is 11.0 Å². The standard InChI is InChI=1S/C13H12BrN3O3S/c1-8(13-15-4-5-21-13)7-16-12(18)9-2-3-10(14)11(6-9)17(19)20/h2-6,8H,7H2,1H3,(H,16,18). The van der Waals surface area contributed by atoms with Crippen molar-refractivity contribution in [2.45, 2.75) is 12.8 Å². The molecule has 1 aromatic heterocycles. The third kappa shape index (κ3) is 3.85. The fourth-order valence-electron chi connectivity index (χ4n) is 1.71. The molecule has 110 valence electrons. The largest absolute Gasteiger partial charge is 0.351 e. The molecule has 0 saturated heterocycles. The number of hydrogen-bond donors (Lipinski definition) is 1. The fourth-order valence-corrected chi connectivity index (χ4v) is 2.80. The van der Waals surface area contributed by atoms with Gasteiger partial charge in [0, 0.05) is 35.7 Å². The SMILES string of the molecule is CC(CNC(=O)c1ccc(Br)c([N+](=O)[O-])c1)c1nccs1. The molecule has 2 aromatic rings. The summed E-state index contributed by atoms with van der Waals surface area (Å²) in [5.74, 6) is -0.242. The number of carbonyl (C=O) groups is 1. The fraction of sp³-hybridized carbons (Fsp3) is 0.231. The molecular weight excluding hydrogens is 358 g/mol. The minimum Gasteiger partial charge on any atom is -0.351 e. The van der Waals surface area contributed by atoms with Gasteiger partial charge >= 0.3 is 0 Å². The third-order valence-corrected chi connectivity index (χ3v) is 4.52. The highest BCUT2D eigenvalue weighted by Gasteiger charge is 2.17. The number of thiazole rings is 1. The molecule has 1 aromatic carbocycles. The molecule has 0 radical (unpaired) electrons. The van der Waals surface area contributed by atoms with E-state index in [4.69, 9.17) is 0 Å². The van der Waals surface area contributed by atoms with E-state index in [1.165, 1.54) is 23.5 Å². The summed E-state index contributed by atoms with van der Waals surface area (Å²) in [6, 6.07) is 4.30. The average molecular weight is 370 g/mol. The summed E-state index contributed by atoms with van der Waals surface area (Å²) in [6.45, 7) is 2.39. The number of nitrogens with one attached hydrogen (secondary N) is 1. The van der Waals surface area contributed by atoms with Gasteiger partial charge < -0.3 is 5.32 Å². The number of nitrogens with zero attached hydrogens (tertiary/aromatic N) is 2. The lowest BCUT2D eigenvalue weighted by atomic mass is 10.1. The van der Waals surface area contributed by atoms with Crippen LogP contribution < -0.4 is 5.32 Å². The van der Waals surface area contributed by atoms with Crippen molar-refractivity contribution in [2.75, 3.05) is 6.54 Å². The van der Waals surface area contributed by atoms with Crippen LogP contribution in [0, 0.1) is 10.1 Å². The molecule has 1 atom stereocenters. The number of rotatable bonds is 5. The molecule has 21 heavy (non-hydrogen) atoms. The Hall–Kier alpha value is -1.80. The van der Waals surface area contributed by atoms with Crippen LogP contribution in [0.25, 0.3) is 0 Å². The minimum absolute atomic E-state index is 0.0967. The van der Waals surface area contributed by atoms with Crippen LogP contribution in [0.5, 0.6) is 0 Å². The lowest BCUT2D eigenvalue weighted by Gasteiger charge is -2.10. The Morgan fingerprint density at radius 1 is 1.57 bits per heavy atom. The molecule has 1 heterocycles. The van der Waals surface area contributed by atoms with Gasteiger partial charge in [-0.1, -0.05) is 6.92 Å². The minimum atomic E-state index is -0.529. The second-order valence-corrected chi connectivity index (χ2v) is 6.19. The van der Waals surface area contributed by atoms with Gasteiger partial charge in [0.25, 0.3) is 11.6 Å². The van der Waals surface area contributed by atoms with Crippen molar-refractivity contribution in [3.63, 3.8) is 0 Å². The van der Waals surface area contributed by atoms with Gasteiger partial charge in [-0.25, -0.2) is 4.98 Å². The molecule has 0 spiro atoms. The highest BCUT2D eigenvalue weighted by Crippen LogP contribution is 2.25. The van der Waals surface area contributed by atoms with Gasteiger partial charge in [-0.3, -0.25) is 14.9 Å². The van der Waals surface area contributed by atoms with Crippen LogP contribution in [0.3, 0.4) is 0 Å². The van der Waals surface area contributed by atoms with Gasteiger partial charge in [0.1, 0.15) is 0 Å². The van der Waals surface area contributed by atoms with E-state index in [9.17, 15) is 14.9 Å². The Balaban J connectivity index is 2.04. The van der Waals surface area contributed by atoms with Crippen LogP contribution in [0.1, 0.15) is 28.2 Å². The van der Waals surface area contributed by atoms with Crippen molar-refractivity contribution in [1.29, 1.82) is 0 Å². The van der Waals surface area contributed by atoms with Gasteiger partial charge in [0.15, 0.2) is 0 Å². The van der Waals surface area contributed by atoms with E-state index in [1.807, 2.05) is 12.3 Å². The Kier molecular flexibility index (Phi) is 5.03. The molecular formula is C13H12BrN3O3S. The summed E-state index contributed by atoms with van der Waals surface area (Å²) in [6.07, 6.45) is 1.72. The van der Waals surface area contributed by atoms with Crippen molar-refractivity contribution in [2.24, 2.45) is 0 Å². The molecule has 8 heteroatoms. The first-order valence-electron chi connectivity index (χ1n) is 6.10. The van der Waals surface area contributed by atoms with Gasteiger partial charge in [0.2, 0.25) is 0 Å². The molecule has 1 N–H and O–H groups in total. The summed E-state index contributed by atoms with van der Waals surface area (Å²) < 4.78 is 0.347. The zero-order valence-corrected chi connectivity index (χ0v) is 13.5. The highest BCUT2D eigenvalue weighted by atomic mass is 79.9. The Labute approximate surface area is 133 Å². The number of nitro benzene ring substituents is 1. The molecule has 0 fully saturated rings. The number of aromatic nitrogens is 1. The van der Waals surface area contributed by atoms with E-state index >= 15 is 0 Å². The average Bonchev–Trinajstić information content (AvgIpc) is 2.98. The van der Waals surface area contributed by atoms with Crippen molar-refractivity contribution in [3.05, 3.63) is 54.9 Å². The second-order valence-electron chi connectivity index (χ2n) is 4.40. The number of hydrogen-bond acceptors (Lipinski definition) is 5. The van der Waals surface area contributed by atoms with Gasteiger partial charge in [-0.2, -0.15) is 0 Å². The quantitative estimate of drug-likeness (QED) is 0.646. The summed E-state index contributed by atoms with van der Waals surface area (Å²) in [4.78, 5) is 26.6. The van der Waals surface area contributed by atoms with Crippen LogP contribution in [-0.2, 0) is 0 Å². The summed E-state index contributed by atoms with van der Waals surface area (Å²) >= 11 is 4.62. The van der Waals surface area contributed by atoms with Crippen LogP contribution >= 0.6 is 27.3 Å². The van der Waals surface area contributed by atoms with Gasteiger partial charge in [0.05, 0.1) is 14.4 Å². The molecule has 2 rings (SSSR count). The number of nitro groups is 1.